The van der Waals surface area contributed by atoms with Gasteiger partial charge in [0.15, 0.2) is 5.69 Å². The molecule has 35 heavy (non-hydrogen) atoms. The van der Waals surface area contributed by atoms with Crippen LogP contribution < -0.4 is 10.9 Å². The van der Waals surface area contributed by atoms with Crippen LogP contribution in [0.25, 0.3) is 22.1 Å². The molecule has 0 bridgehead atoms. The van der Waals surface area contributed by atoms with Crippen LogP contribution in [0.1, 0.15) is 27.4 Å². The van der Waals surface area contributed by atoms with Gasteiger partial charge in [-0.2, -0.15) is 0 Å². The number of aliphatic hydroxyl groups is 4. The molecule has 4 rings (SSSR count). The maximum Gasteiger partial charge on any atom is 0.282 e. The Morgan fingerprint density at radius 2 is 1.77 bits per heavy atom. The van der Waals surface area contributed by atoms with E-state index in [2.05, 4.69) is 20.3 Å². The van der Waals surface area contributed by atoms with Crippen LogP contribution in [0.2, 0.25) is 0 Å². The number of carbonyl (C=O) groups excluding carboxylic acids is 1. The number of aliphatic hydroxyl groups excluding tert-OH is 4. The summed E-state index contributed by atoms with van der Waals surface area (Å²) >= 11 is 0. The van der Waals surface area contributed by atoms with E-state index in [1.807, 2.05) is 38.1 Å². The van der Waals surface area contributed by atoms with Gasteiger partial charge >= 0.3 is 0 Å². The van der Waals surface area contributed by atoms with Gasteiger partial charge in [0.05, 0.1) is 41.8 Å². The smallest absolute Gasteiger partial charge is 0.282 e. The number of nitrogens with one attached hydrogen (secondary N) is 2. The fraction of sp³-hybridized carbons (Fsp3) is 0.333. The van der Waals surface area contributed by atoms with E-state index in [0.717, 1.165) is 26.7 Å². The summed E-state index contributed by atoms with van der Waals surface area (Å²) in [5.74, 6) is -0.224. The summed E-state index contributed by atoms with van der Waals surface area (Å²) in [6.07, 6.45) is -4.88. The minimum atomic E-state index is -1.70. The van der Waals surface area contributed by atoms with Gasteiger partial charge in [-0.15, -0.1) is 0 Å². The number of carbonyl (C=O) groups is 1. The first kappa shape index (κ1) is 24.5. The lowest BCUT2D eigenvalue weighted by Gasteiger charge is -2.23. The monoisotopic (exact) mass is 481 g/mol. The molecule has 2 heterocycles. The van der Waals surface area contributed by atoms with E-state index in [1.165, 1.54) is 0 Å². The quantitative estimate of drug-likeness (QED) is 0.202. The SMILES string of the molecule is Cc1cc2nc(C(=O)NCc3nc4ccccc4[nH]3)c(=O)n(CC(O)C(O)C(O)CO)c2cc1C. The zero-order valence-corrected chi connectivity index (χ0v) is 19.3. The van der Waals surface area contributed by atoms with Crippen molar-refractivity contribution in [3.05, 3.63) is 69.4 Å². The Bertz CT molecular complexity index is 1410. The minimum absolute atomic E-state index is 0.0314. The van der Waals surface area contributed by atoms with Crippen molar-refractivity contribution in [3.8, 4) is 0 Å². The average molecular weight is 482 g/mol. The van der Waals surface area contributed by atoms with Crippen LogP contribution in [0.5, 0.6) is 0 Å². The van der Waals surface area contributed by atoms with Crippen LogP contribution in [-0.4, -0.2) is 70.8 Å². The number of hydrogen-bond acceptors (Lipinski definition) is 8. The van der Waals surface area contributed by atoms with Crippen LogP contribution in [0.3, 0.4) is 0 Å². The van der Waals surface area contributed by atoms with Crippen LogP contribution in [0, 0.1) is 13.8 Å². The Labute approximate surface area is 199 Å². The van der Waals surface area contributed by atoms with Crippen molar-refractivity contribution >= 4 is 28.0 Å². The molecule has 0 saturated carbocycles. The molecule has 0 fully saturated rings. The molecular weight excluding hydrogens is 454 g/mol. The molecule has 11 heteroatoms. The van der Waals surface area contributed by atoms with Gasteiger partial charge in [0, 0.05) is 0 Å². The summed E-state index contributed by atoms with van der Waals surface area (Å²) in [6.45, 7) is 2.55. The van der Waals surface area contributed by atoms with E-state index in [9.17, 15) is 24.9 Å². The van der Waals surface area contributed by atoms with Crippen molar-refractivity contribution in [2.75, 3.05) is 6.61 Å². The number of amides is 1. The second-order valence-corrected chi connectivity index (χ2v) is 8.49. The van der Waals surface area contributed by atoms with Crippen LogP contribution in [0.15, 0.2) is 41.2 Å². The van der Waals surface area contributed by atoms with Gasteiger partial charge in [0.2, 0.25) is 0 Å². The van der Waals surface area contributed by atoms with Crippen LogP contribution in [0.4, 0.5) is 0 Å². The summed E-state index contributed by atoms with van der Waals surface area (Å²) in [5.41, 5.74) is 2.86. The lowest BCUT2D eigenvalue weighted by atomic mass is 10.1. The number of nitrogens with zero attached hydrogens (tertiary/aromatic N) is 3. The highest BCUT2D eigenvalue weighted by Crippen LogP contribution is 2.18. The molecule has 11 nitrogen and oxygen atoms in total. The van der Waals surface area contributed by atoms with Gasteiger partial charge in [-0.1, -0.05) is 12.1 Å². The van der Waals surface area contributed by atoms with E-state index < -0.39 is 42.9 Å². The lowest BCUT2D eigenvalue weighted by molar-refractivity contribution is -0.0805. The molecule has 2 aromatic heterocycles. The maximum absolute atomic E-state index is 13.3. The van der Waals surface area contributed by atoms with Gasteiger partial charge in [-0.05, 0) is 49.2 Å². The van der Waals surface area contributed by atoms with E-state index in [0.29, 0.717) is 16.9 Å². The molecular formula is C24H27N5O6. The van der Waals surface area contributed by atoms with E-state index >= 15 is 0 Å². The third-order valence-electron chi connectivity index (χ3n) is 5.98. The molecule has 1 amide bonds. The highest BCUT2D eigenvalue weighted by Gasteiger charge is 2.27. The number of H-pyrrole nitrogens is 1. The number of benzene rings is 2. The predicted octanol–water partition coefficient (Wildman–Crippen LogP) is -0.105. The Morgan fingerprint density at radius 1 is 1.06 bits per heavy atom. The molecule has 0 saturated heterocycles. The Morgan fingerprint density at radius 3 is 2.49 bits per heavy atom. The molecule has 0 spiro atoms. The van der Waals surface area contributed by atoms with Crippen LogP contribution in [-0.2, 0) is 13.1 Å². The van der Waals surface area contributed by atoms with E-state index in [1.54, 1.807) is 12.1 Å². The summed E-state index contributed by atoms with van der Waals surface area (Å²) in [5, 5.41) is 41.9. The largest absolute Gasteiger partial charge is 0.394 e. The molecule has 184 valence electrons. The Balaban J connectivity index is 1.68. The zero-order chi connectivity index (χ0) is 25.3. The Hall–Kier alpha value is -3.64. The molecule has 0 radical (unpaired) electrons. The third kappa shape index (κ3) is 4.93. The maximum atomic E-state index is 13.3. The van der Waals surface area contributed by atoms with Gasteiger partial charge in [-0.25, -0.2) is 9.97 Å². The van der Waals surface area contributed by atoms with Crippen LogP contribution >= 0.6 is 0 Å². The molecule has 0 aliphatic rings. The summed E-state index contributed by atoms with van der Waals surface area (Å²) in [7, 11) is 0. The van der Waals surface area contributed by atoms with Crippen molar-refractivity contribution in [2.24, 2.45) is 0 Å². The number of rotatable bonds is 8. The first-order valence-corrected chi connectivity index (χ1v) is 11.1. The summed E-state index contributed by atoms with van der Waals surface area (Å²) < 4.78 is 1.14. The fourth-order valence-corrected chi connectivity index (χ4v) is 3.82. The second kappa shape index (κ2) is 9.92. The summed E-state index contributed by atoms with van der Waals surface area (Å²) in [6, 6.07) is 10.8. The van der Waals surface area contributed by atoms with E-state index in [4.69, 9.17) is 5.11 Å². The molecule has 3 unspecified atom stereocenters. The number of hydrogen-bond donors (Lipinski definition) is 6. The topological polar surface area (TPSA) is 174 Å². The van der Waals surface area contributed by atoms with Crippen molar-refractivity contribution in [1.82, 2.24) is 24.8 Å². The number of aromatic amines is 1. The highest BCUT2D eigenvalue weighted by molar-refractivity contribution is 5.94. The molecule has 2 aromatic carbocycles. The van der Waals surface area contributed by atoms with E-state index in [-0.39, 0.29) is 12.2 Å². The van der Waals surface area contributed by atoms with Crippen molar-refractivity contribution in [3.63, 3.8) is 0 Å². The van der Waals surface area contributed by atoms with Crippen molar-refractivity contribution < 1.29 is 25.2 Å². The Kier molecular flexibility index (Phi) is 6.94. The van der Waals surface area contributed by atoms with Crippen molar-refractivity contribution in [2.45, 2.75) is 45.2 Å². The fourth-order valence-electron chi connectivity index (χ4n) is 3.82. The standard InChI is InChI=1S/C24H27N5O6/c1-12-7-16-17(8-13(12)2)29(10-18(31)22(33)19(32)11-30)24(35)21(28-16)23(34)25-9-20-26-14-5-3-4-6-15(14)27-20/h3-8,18-19,22,30-33H,9-11H2,1-2H3,(H,25,34)(H,26,27). The van der Waals surface area contributed by atoms with Gasteiger partial charge in [0.1, 0.15) is 24.1 Å². The normalized spacial score (nSPS) is 14.2. The number of aromatic nitrogens is 4. The minimum Gasteiger partial charge on any atom is -0.394 e. The van der Waals surface area contributed by atoms with Gasteiger partial charge < -0.3 is 35.3 Å². The average Bonchev–Trinajstić information content (AvgIpc) is 3.27. The molecule has 3 atom stereocenters. The van der Waals surface area contributed by atoms with Gasteiger partial charge in [-0.3, -0.25) is 9.59 Å². The number of aryl methyl sites for hydroxylation is 2. The third-order valence-corrected chi connectivity index (χ3v) is 5.98. The predicted molar refractivity (Wildman–Crippen MR) is 128 cm³/mol. The van der Waals surface area contributed by atoms with Crippen molar-refractivity contribution in [1.29, 1.82) is 0 Å². The molecule has 0 aliphatic heterocycles. The lowest BCUT2D eigenvalue weighted by Crippen LogP contribution is -2.44. The number of fused-ring (bicyclic) bond motifs is 2. The molecule has 6 N–H and O–H groups in total. The first-order valence-electron chi connectivity index (χ1n) is 11.1. The number of imidazole rings is 1. The molecule has 0 aliphatic carbocycles. The first-order chi connectivity index (χ1) is 16.7. The zero-order valence-electron chi connectivity index (χ0n) is 19.3. The van der Waals surface area contributed by atoms with Gasteiger partial charge in [0.25, 0.3) is 11.5 Å². The molecule has 4 aromatic rings. The number of para-hydroxylation sites is 2. The second-order valence-electron chi connectivity index (χ2n) is 8.49. The highest BCUT2D eigenvalue weighted by atomic mass is 16.4. The summed E-state index contributed by atoms with van der Waals surface area (Å²) in [4.78, 5) is 38.0.